The summed E-state index contributed by atoms with van der Waals surface area (Å²) in [5.74, 6) is -1.08. The zero-order chi connectivity index (χ0) is 35.3. The minimum atomic E-state index is -2.18. The molecule has 1 unspecified atom stereocenters. The molecular formula is C33H32N8O6S. The molecule has 0 aliphatic carbocycles. The number of aromatic hydroxyl groups is 2. The number of rotatable bonds is 10. The first kappa shape index (κ1) is 35.1. The van der Waals surface area contributed by atoms with Crippen molar-refractivity contribution in [1.82, 2.24) is 9.13 Å². The summed E-state index contributed by atoms with van der Waals surface area (Å²) in [7, 11) is 0. The predicted molar refractivity (Wildman–Crippen MR) is 177 cm³/mol. The number of aromatic nitrogens is 2. The van der Waals surface area contributed by atoms with Crippen LogP contribution in [-0.2, 0) is 24.2 Å². The van der Waals surface area contributed by atoms with Crippen LogP contribution in [0.2, 0.25) is 0 Å². The average Bonchev–Trinajstić information content (AvgIpc) is 3.03. The van der Waals surface area contributed by atoms with Crippen LogP contribution in [0.25, 0.3) is 0 Å². The fourth-order valence-corrected chi connectivity index (χ4v) is 5.48. The molecule has 48 heavy (non-hydrogen) atoms. The first-order valence-electron chi connectivity index (χ1n) is 14.7. The van der Waals surface area contributed by atoms with Gasteiger partial charge in [0.25, 0.3) is 11.1 Å². The maximum atomic E-state index is 13.4. The van der Waals surface area contributed by atoms with Crippen LogP contribution < -0.4 is 11.1 Å². The Morgan fingerprint density at radius 2 is 1.12 bits per heavy atom. The highest BCUT2D eigenvalue weighted by Gasteiger charge is 2.21. The number of hydrogen-bond donors (Lipinski definition) is 3. The lowest BCUT2D eigenvalue weighted by molar-refractivity contribution is 0.381. The van der Waals surface area contributed by atoms with Gasteiger partial charge in [0, 0.05) is 24.2 Å². The van der Waals surface area contributed by atoms with Gasteiger partial charge in [-0.05, 0) is 94.5 Å². The van der Waals surface area contributed by atoms with Crippen LogP contribution in [0.15, 0.2) is 71.3 Å². The van der Waals surface area contributed by atoms with E-state index in [-0.39, 0.29) is 64.5 Å². The SMILES string of the molecule is Cc1ccc(N=Nc2c(C)c(C#N)c(O)n(CCCCn3c(O)c(C#N)c(C)c(N=Nc4ccc(S(=O)O)c(C)c4)c3=O)c2=O)cc1C. The third kappa shape index (κ3) is 7.12. The van der Waals surface area contributed by atoms with Crippen molar-refractivity contribution < 1.29 is 19.0 Å². The van der Waals surface area contributed by atoms with Gasteiger partial charge in [-0.15, -0.1) is 10.2 Å². The number of unbranched alkanes of at least 4 members (excludes halogenated alkanes) is 1. The van der Waals surface area contributed by atoms with Gasteiger partial charge in [-0.3, -0.25) is 18.7 Å². The Bertz CT molecular complexity index is 2220. The second kappa shape index (κ2) is 14.8. The molecule has 4 rings (SSSR count). The third-order valence-corrected chi connectivity index (χ3v) is 8.75. The van der Waals surface area contributed by atoms with E-state index in [4.69, 9.17) is 0 Å². The van der Waals surface area contributed by atoms with Crippen molar-refractivity contribution in [3.8, 4) is 23.9 Å². The smallest absolute Gasteiger partial charge is 0.281 e. The summed E-state index contributed by atoms with van der Waals surface area (Å²) < 4.78 is 22.8. The van der Waals surface area contributed by atoms with E-state index in [9.17, 15) is 39.1 Å². The zero-order valence-electron chi connectivity index (χ0n) is 26.8. The molecule has 0 saturated carbocycles. The molecule has 2 aromatic heterocycles. The quantitative estimate of drug-likeness (QED) is 0.0947. The molecule has 0 aliphatic rings. The fourth-order valence-electron chi connectivity index (χ4n) is 4.96. The van der Waals surface area contributed by atoms with Crippen LogP contribution in [-0.4, -0.2) is 28.1 Å². The molecule has 1 atom stereocenters. The van der Waals surface area contributed by atoms with Crippen molar-refractivity contribution in [1.29, 1.82) is 10.5 Å². The highest BCUT2D eigenvalue weighted by molar-refractivity contribution is 7.79. The minimum Gasteiger partial charge on any atom is -0.493 e. The monoisotopic (exact) mass is 668 g/mol. The number of pyridine rings is 2. The van der Waals surface area contributed by atoms with Crippen LogP contribution in [0.3, 0.4) is 0 Å². The summed E-state index contributed by atoms with van der Waals surface area (Å²) in [6.45, 7) is 8.32. The van der Waals surface area contributed by atoms with Crippen LogP contribution in [0.1, 0.15) is 51.8 Å². The minimum absolute atomic E-state index is 0.0567. The van der Waals surface area contributed by atoms with Crippen LogP contribution in [0.5, 0.6) is 11.8 Å². The first-order chi connectivity index (χ1) is 22.8. The van der Waals surface area contributed by atoms with Gasteiger partial charge < -0.3 is 14.8 Å². The Hall–Kier alpha value is -5.77. The van der Waals surface area contributed by atoms with E-state index in [0.29, 0.717) is 16.9 Å². The highest BCUT2D eigenvalue weighted by Crippen LogP contribution is 2.30. The Kier molecular flexibility index (Phi) is 10.8. The van der Waals surface area contributed by atoms with Crippen LogP contribution in [0, 0.1) is 57.3 Å². The molecule has 15 heteroatoms. The molecule has 2 heterocycles. The van der Waals surface area contributed by atoms with Crippen LogP contribution >= 0.6 is 0 Å². The lowest BCUT2D eigenvalue weighted by atomic mass is 10.1. The van der Waals surface area contributed by atoms with Gasteiger partial charge in [-0.2, -0.15) is 20.8 Å². The Morgan fingerprint density at radius 1 is 0.688 bits per heavy atom. The van der Waals surface area contributed by atoms with Crippen molar-refractivity contribution in [2.75, 3.05) is 0 Å². The van der Waals surface area contributed by atoms with Crippen LogP contribution in [0.4, 0.5) is 22.7 Å². The summed E-state index contributed by atoms with van der Waals surface area (Å²) >= 11 is -2.18. The molecule has 0 radical (unpaired) electrons. The van der Waals surface area contributed by atoms with Gasteiger partial charge in [0.2, 0.25) is 11.8 Å². The number of aryl methyl sites for hydroxylation is 3. The second-order valence-corrected chi connectivity index (χ2v) is 12.0. The molecule has 0 amide bonds. The fraction of sp³-hybridized carbons (Fsp3) is 0.273. The predicted octanol–water partition coefficient (Wildman–Crippen LogP) is 6.60. The van der Waals surface area contributed by atoms with Gasteiger partial charge >= 0.3 is 0 Å². The van der Waals surface area contributed by atoms with Crippen molar-refractivity contribution >= 4 is 33.8 Å². The van der Waals surface area contributed by atoms with Gasteiger partial charge in [0.1, 0.15) is 23.3 Å². The molecule has 2 aromatic carbocycles. The lowest BCUT2D eigenvalue weighted by Gasteiger charge is -2.15. The number of hydrogen-bond acceptors (Lipinski definition) is 11. The summed E-state index contributed by atoms with van der Waals surface area (Å²) in [4.78, 5) is 27.0. The normalized spacial score (nSPS) is 12.0. The van der Waals surface area contributed by atoms with E-state index < -0.39 is 34.0 Å². The molecule has 0 bridgehead atoms. The molecule has 4 aromatic rings. The zero-order valence-corrected chi connectivity index (χ0v) is 27.7. The van der Waals surface area contributed by atoms with Crippen molar-refractivity contribution in [2.45, 2.75) is 65.4 Å². The van der Waals surface area contributed by atoms with Gasteiger partial charge in [0.15, 0.2) is 22.5 Å². The van der Waals surface area contributed by atoms with Gasteiger partial charge in [0.05, 0.1) is 16.3 Å². The maximum Gasteiger partial charge on any atom is 0.281 e. The molecule has 0 aliphatic heterocycles. The molecule has 0 fully saturated rings. The Morgan fingerprint density at radius 3 is 1.52 bits per heavy atom. The molecule has 246 valence electrons. The van der Waals surface area contributed by atoms with Crippen molar-refractivity contribution in [3.63, 3.8) is 0 Å². The summed E-state index contributed by atoms with van der Waals surface area (Å²) in [6, 6.07) is 13.6. The first-order valence-corrected chi connectivity index (χ1v) is 15.8. The third-order valence-electron chi connectivity index (χ3n) is 7.92. The lowest BCUT2D eigenvalue weighted by Crippen LogP contribution is -2.24. The molecule has 0 saturated heterocycles. The van der Waals surface area contributed by atoms with E-state index in [0.717, 1.165) is 20.3 Å². The van der Waals surface area contributed by atoms with E-state index in [1.54, 1.807) is 13.0 Å². The van der Waals surface area contributed by atoms with Gasteiger partial charge in [-0.1, -0.05) is 6.07 Å². The van der Waals surface area contributed by atoms with E-state index in [1.807, 2.05) is 38.1 Å². The molecular weight excluding hydrogens is 636 g/mol. The summed E-state index contributed by atoms with van der Waals surface area (Å²) in [5.41, 5.74) is 1.71. The van der Waals surface area contributed by atoms with E-state index >= 15 is 0 Å². The topological polar surface area (TPSA) is 219 Å². The summed E-state index contributed by atoms with van der Waals surface area (Å²) in [6.07, 6.45) is 0.420. The van der Waals surface area contributed by atoms with Crippen molar-refractivity contribution in [3.05, 3.63) is 96.0 Å². The van der Waals surface area contributed by atoms with Crippen molar-refractivity contribution in [2.24, 2.45) is 20.5 Å². The Balaban J connectivity index is 1.60. The Labute approximate surface area is 277 Å². The average molecular weight is 669 g/mol. The molecule has 3 N–H and O–H groups in total. The second-order valence-electron chi connectivity index (χ2n) is 11.1. The number of azo groups is 2. The van der Waals surface area contributed by atoms with Gasteiger partial charge in [-0.25, -0.2) is 4.21 Å². The largest absolute Gasteiger partial charge is 0.493 e. The highest BCUT2D eigenvalue weighted by atomic mass is 32.2. The standard InChI is InChI=1S/C33H32N8O6S/c1-18-8-9-23(14-19(18)2)36-38-28-21(4)25(16-34)30(42)40(32(28)44)12-6-7-13-41-31(43)26(17-35)22(5)29(33(41)45)39-37-24-10-11-27(48(46)47)20(3)15-24/h8-11,14-15,42-43H,6-7,12-13H2,1-5H3,(H,46,47). The maximum absolute atomic E-state index is 13.4. The molecule has 14 nitrogen and oxygen atoms in total. The number of benzene rings is 2. The van der Waals surface area contributed by atoms with E-state index in [1.165, 1.54) is 32.0 Å². The number of nitriles is 2. The van der Waals surface area contributed by atoms with E-state index in [2.05, 4.69) is 20.5 Å². The molecule has 0 spiro atoms. The number of nitrogens with zero attached hydrogens (tertiary/aromatic N) is 8. The summed E-state index contributed by atoms with van der Waals surface area (Å²) in [5, 5.41) is 57.4.